The zero-order valence-corrected chi connectivity index (χ0v) is 12.1. The van der Waals surface area contributed by atoms with Gasteiger partial charge in [0.25, 0.3) is 0 Å². The molecule has 1 aromatic rings. The summed E-state index contributed by atoms with van der Waals surface area (Å²) in [5.74, 6) is 0.471. The zero-order chi connectivity index (χ0) is 10.6. The smallest absolute Gasteiger partial charge is 0.137 e. The topological polar surface area (TPSA) is 40.4 Å². The molecule has 0 bridgehead atoms. The maximum Gasteiger partial charge on any atom is 0.137 e. The van der Waals surface area contributed by atoms with Crippen molar-refractivity contribution in [3.05, 3.63) is 29.6 Å². The fourth-order valence-corrected chi connectivity index (χ4v) is 1.10. The van der Waals surface area contributed by atoms with E-state index >= 15 is 0 Å². The van der Waals surface area contributed by atoms with Gasteiger partial charge in [0.15, 0.2) is 0 Å². The first kappa shape index (κ1) is 14.6. The summed E-state index contributed by atoms with van der Waals surface area (Å²) in [6, 6.07) is 7.26. The van der Waals surface area contributed by atoms with Gasteiger partial charge in [0.1, 0.15) is 11.9 Å². The van der Waals surface area contributed by atoms with Crippen molar-refractivity contribution >= 4 is 11.6 Å². The normalized spacial score (nSPS) is 17.0. The predicted molar refractivity (Wildman–Crippen MR) is 55.9 cm³/mol. The molecule has 4 heteroatoms. The number of hydrogen-bond donors (Lipinski definition) is 0. The second-order valence-corrected chi connectivity index (χ2v) is 2.68. The van der Waals surface area contributed by atoms with Gasteiger partial charge in [-0.2, -0.15) is 0 Å². The molecule has 1 amide bonds. The van der Waals surface area contributed by atoms with Crippen LogP contribution < -0.4 is 4.74 Å². The van der Waals surface area contributed by atoms with Gasteiger partial charge in [-0.25, -0.2) is 0 Å². The summed E-state index contributed by atoms with van der Waals surface area (Å²) >= 11 is 0. The Morgan fingerprint density at radius 2 is 1.87 bits per heavy atom. The minimum Gasteiger partial charge on any atom is -0.621 e. The third-order valence-corrected chi connectivity index (χ3v) is 1.75. The number of amides is 1. The molecule has 0 saturated heterocycles. The number of nitrogens with zero attached hydrogens (tertiary/aromatic N) is 1. The summed E-state index contributed by atoms with van der Waals surface area (Å²) in [6.45, 7) is 5.70. The molecule has 0 spiro atoms. The van der Waals surface area contributed by atoms with Crippen molar-refractivity contribution in [1.29, 1.82) is 0 Å². The van der Waals surface area contributed by atoms with E-state index in [1.165, 1.54) is 0 Å². The SMILES string of the molecule is CC.CC1Oc2ccccc2[N-]C1=O.[Y]. The maximum absolute atomic E-state index is 11.1. The van der Waals surface area contributed by atoms with E-state index < -0.39 is 6.10 Å². The summed E-state index contributed by atoms with van der Waals surface area (Å²) in [7, 11) is 0. The van der Waals surface area contributed by atoms with Gasteiger partial charge in [-0.05, 0) is 13.0 Å². The average molecular weight is 281 g/mol. The number of carbonyl (C=O) groups is 1. The van der Waals surface area contributed by atoms with E-state index in [-0.39, 0.29) is 38.6 Å². The predicted octanol–water partition coefficient (Wildman–Crippen LogP) is 3.02. The minimum atomic E-state index is -0.445. The molecule has 0 aliphatic carbocycles. The van der Waals surface area contributed by atoms with Crippen LogP contribution >= 0.6 is 0 Å². The zero-order valence-electron chi connectivity index (χ0n) is 9.23. The molecule has 3 nitrogen and oxygen atoms in total. The van der Waals surface area contributed by atoms with E-state index in [0.29, 0.717) is 11.4 Å². The second kappa shape index (κ2) is 6.97. The molecule has 2 rings (SSSR count). The van der Waals surface area contributed by atoms with E-state index in [9.17, 15) is 4.79 Å². The molecule has 1 atom stereocenters. The molecule has 0 aromatic heterocycles. The van der Waals surface area contributed by atoms with Crippen LogP contribution in [0.25, 0.3) is 5.32 Å². The Balaban J connectivity index is 0.000000617. The first-order valence-corrected chi connectivity index (χ1v) is 4.78. The second-order valence-electron chi connectivity index (χ2n) is 2.68. The summed E-state index contributed by atoms with van der Waals surface area (Å²) in [5.41, 5.74) is 0.626. The van der Waals surface area contributed by atoms with Gasteiger partial charge >= 0.3 is 0 Å². The molecule has 1 unspecified atom stereocenters. The van der Waals surface area contributed by atoms with E-state index in [0.717, 1.165) is 0 Å². The van der Waals surface area contributed by atoms with Crippen molar-refractivity contribution in [2.45, 2.75) is 26.9 Å². The standard InChI is InChI=1S/C9H9NO2.C2H6.Y/c1-6-9(11)10-7-4-2-3-5-8(7)12-6;1-2;/h2-6H,1H3,(H,10,11);1-2H3;/p-1. The van der Waals surface area contributed by atoms with Crippen molar-refractivity contribution in [1.82, 2.24) is 0 Å². The Labute approximate surface area is 115 Å². The summed E-state index contributed by atoms with van der Waals surface area (Å²) < 4.78 is 5.30. The van der Waals surface area contributed by atoms with Crippen molar-refractivity contribution < 1.29 is 42.2 Å². The number of rotatable bonds is 0. The molecule has 79 valence electrons. The van der Waals surface area contributed by atoms with Gasteiger partial charge < -0.3 is 14.8 Å². The third kappa shape index (κ3) is 3.58. The van der Waals surface area contributed by atoms with Crippen molar-refractivity contribution in [3.63, 3.8) is 0 Å². The summed E-state index contributed by atoms with van der Waals surface area (Å²) in [6.07, 6.45) is -0.445. The van der Waals surface area contributed by atoms with Gasteiger partial charge in [0.05, 0.1) is 5.91 Å². The van der Waals surface area contributed by atoms with Gasteiger partial charge in [0, 0.05) is 32.7 Å². The van der Waals surface area contributed by atoms with E-state index in [2.05, 4.69) is 5.32 Å². The first-order valence-electron chi connectivity index (χ1n) is 4.78. The molecule has 1 aliphatic heterocycles. The molecular weight excluding hydrogens is 267 g/mol. The van der Waals surface area contributed by atoms with Gasteiger partial charge in [-0.15, -0.1) is 0 Å². The van der Waals surface area contributed by atoms with Crippen LogP contribution in [0.4, 0.5) is 5.69 Å². The largest absolute Gasteiger partial charge is 0.621 e. The number of ether oxygens (including phenoxy) is 1. The Bertz CT molecular complexity index is 328. The van der Waals surface area contributed by atoms with Gasteiger partial charge in [-0.1, -0.05) is 37.7 Å². The van der Waals surface area contributed by atoms with E-state index in [1.807, 2.05) is 32.0 Å². The molecule has 0 fully saturated rings. The number of para-hydroxylation sites is 2. The Kier molecular flexibility index (Phi) is 6.78. The van der Waals surface area contributed by atoms with Crippen LogP contribution in [-0.2, 0) is 37.5 Å². The Morgan fingerprint density at radius 1 is 1.27 bits per heavy atom. The first-order chi connectivity index (χ1) is 6.77. The molecule has 15 heavy (non-hydrogen) atoms. The fraction of sp³-hybridized carbons (Fsp3) is 0.364. The fourth-order valence-electron chi connectivity index (χ4n) is 1.10. The Morgan fingerprint density at radius 3 is 2.53 bits per heavy atom. The van der Waals surface area contributed by atoms with Crippen LogP contribution in [0.5, 0.6) is 5.75 Å². The molecular formula is C11H14NO2Y-. The number of hydrogen-bond acceptors (Lipinski definition) is 2. The molecule has 1 heterocycles. The maximum atomic E-state index is 11.1. The van der Waals surface area contributed by atoms with Crippen LogP contribution in [-0.4, -0.2) is 12.0 Å². The average Bonchev–Trinajstić information content (AvgIpc) is 2.23. The van der Waals surface area contributed by atoms with Gasteiger partial charge in [0.2, 0.25) is 0 Å². The number of fused-ring (bicyclic) bond motifs is 1. The van der Waals surface area contributed by atoms with E-state index in [4.69, 9.17) is 4.74 Å². The number of carbonyl (C=O) groups excluding carboxylic acids is 1. The number of benzene rings is 1. The summed E-state index contributed by atoms with van der Waals surface area (Å²) in [5, 5.41) is 3.86. The molecule has 1 aliphatic rings. The van der Waals surface area contributed by atoms with Crippen LogP contribution in [0.15, 0.2) is 24.3 Å². The third-order valence-electron chi connectivity index (χ3n) is 1.75. The molecule has 0 N–H and O–H groups in total. The quantitative estimate of drug-likeness (QED) is 0.733. The van der Waals surface area contributed by atoms with Gasteiger partial charge in [-0.3, -0.25) is 0 Å². The monoisotopic (exact) mass is 281 g/mol. The molecule has 0 saturated carbocycles. The van der Waals surface area contributed by atoms with Crippen LogP contribution in [0, 0.1) is 0 Å². The van der Waals surface area contributed by atoms with Crippen LogP contribution in [0.3, 0.4) is 0 Å². The van der Waals surface area contributed by atoms with Crippen molar-refractivity contribution in [3.8, 4) is 5.75 Å². The van der Waals surface area contributed by atoms with Crippen LogP contribution in [0.2, 0.25) is 0 Å². The van der Waals surface area contributed by atoms with E-state index in [1.54, 1.807) is 13.0 Å². The molecule has 1 radical (unpaired) electrons. The molecule has 1 aromatic carbocycles. The van der Waals surface area contributed by atoms with Crippen LogP contribution in [0.1, 0.15) is 20.8 Å². The summed E-state index contributed by atoms with van der Waals surface area (Å²) in [4.78, 5) is 11.1. The minimum absolute atomic E-state index is 0. The van der Waals surface area contributed by atoms with Crippen molar-refractivity contribution in [2.24, 2.45) is 0 Å². The van der Waals surface area contributed by atoms with Crippen molar-refractivity contribution in [2.75, 3.05) is 0 Å². The Hall–Kier alpha value is -0.406.